The summed E-state index contributed by atoms with van der Waals surface area (Å²) in [5.41, 5.74) is 0.744. The van der Waals surface area contributed by atoms with Gasteiger partial charge in [0.25, 0.3) is 0 Å². The first-order chi connectivity index (χ1) is 20.3. The molecule has 5 rings (SSSR count). The molecule has 5 atom stereocenters. The van der Waals surface area contributed by atoms with Gasteiger partial charge >= 0.3 is 6.18 Å². The third-order valence-electron chi connectivity index (χ3n) is 7.05. The Hall–Kier alpha value is -4.11. The molecule has 4 aromatic rings. The third-order valence-corrected chi connectivity index (χ3v) is 7.05. The molecule has 228 valence electrons. The number of halogens is 3. The number of aromatic nitrogens is 4. The zero-order valence-electron chi connectivity index (χ0n) is 23.5. The molecule has 4 N–H and O–H groups in total. The Bertz CT molecular complexity index is 1670. The van der Waals surface area contributed by atoms with Gasteiger partial charge in [0.05, 0.1) is 17.9 Å². The SMILES string of the molecule is Cc1nc2c(=N)n(/N=C\c3ccc(OC4OC(CC(C)C)C(O)C(O)C4O)cc3)cnc2n1-c1ccc(C(F)(F)F)cc1. The Morgan fingerprint density at radius 3 is 2.35 bits per heavy atom. The number of benzene rings is 2. The molecule has 1 saturated heterocycles. The van der Waals surface area contributed by atoms with Gasteiger partial charge in [-0.2, -0.15) is 18.3 Å². The Kier molecular flexibility index (Phi) is 8.38. The molecule has 2 aromatic heterocycles. The number of rotatable bonds is 7. The number of imidazole rings is 1. The lowest BCUT2D eigenvalue weighted by Crippen LogP contribution is -2.59. The van der Waals surface area contributed by atoms with Crippen LogP contribution in [-0.2, 0) is 10.9 Å². The van der Waals surface area contributed by atoms with Gasteiger partial charge in [-0.15, -0.1) is 0 Å². The first-order valence-corrected chi connectivity index (χ1v) is 13.5. The quantitative estimate of drug-likeness (QED) is 0.238. The normalized spacial score (nSPS) is 23.0. The van der Waals surface area contributed by atoms with E-state index >= 15 is 0 Å². The van der Waals surface area contributed by atoms with E-state index in [0.29, 0.717) is 34.9 Å². The average Bonchev–Trinajstić information content (AvgIpc) is 3.30. The van der Waals surface area contributed by atoms with Crippen molar-refractivity contribution in [3.63, 3.8) is 0 Å². The maximum atomic E-state index is 13.0. The molecule has 14 heteroatoms. The van der Waals surface area contributed by atoms with Crippen LogP contribution >= 0.6 is 0 Å². The lowest BCUT2D eigenvalue weighted by molar-refractivity contribution is -0.274. The van der Waals surface area contributed by atoms with E-state index in [-0.39, 0.29) is 16.9 Å². The molecule has 0 bridgehead atoms. The predicted octanol–water partition coefficient (Wildman–Crippen LogP) is 3.14. The monoisotopic (exact) mass is 600 g/mol. The summed E-state index contributed by atoms with van der Waals surface area (Å²) in [6.07, 6.45) is -7.13. The molecule has 1 aliphatic rings. The van der Waals surface area contributed by atoms with E-state index in [9.17, 15) is 28.5 Å². The Balaban J connectivity index is 1.31. The van der Waals surface area contributed by atoms with Gasteiger partial charge in [0, 0.05) is 5.69 Å². The highest BCUT2D eigenvalue weighted by Gasteiger charge is 2.45. The molecule has 2 aromatic carbocycles. The Morgan fingerprint density at radius 1 is 1.05 bits per heavy atom. The van der Waals surface area contributed by atoms with Crippen molar-refractivity contribution in [2.24, 2.45) is 11.0 Å². The number of fused-ring (bicyclic) bond motifs is 1. The van der Waals surface area contributed by atoms with Crippen molar-refractivity contribution < 1.29 is 38.0 Å². The minimum absolute atomic E-state index is 0.0740. The molecule has 5 unspecified atom stereocenters. The van der Waals surface area contributed by atoms with Gasteiger partial charge in [0.2, 0.25) is 6.29 Å². The topological polar surface area (TPSA) is 151 Å². The summed E-state index contributed by atoms with van der Waals surface area (Å²) < 4.78 is 53.2. The van der Waals surface area contributed by atoms with E-state index in [0.717, 1.165) is 12.1 Å². The first-order valence-electron chi connectivity index (χ1n) is 13.5. The second-order valence-electron chi connectivity index (χ2n) is 10.7. The van der Waals surface area contributed by atoms with Crippen molar-refractivity contribution in [2.45, 2.75) is 64.1 Å². The van der Waals surface area contributed by atoms with Crippen LogP contribution in [0.4, 0.5) is 13.2 Å². The highest BCUT2D eigenvalue weighted by atomic mass is 19.4. The van der Waals surface area contributed by atoms with E-state index in [1.165, 1.54) is 29.4 Å². The molecule has 1 fully saturated rings. The zero-order chi connectivity index (χ0) is 31.1. The summed E-state index contributed by atoms with van der Waals surface area (Å²) in [5, 5.41) is 43.7. The first kappa shape index (κ1) is 30.4. The number of aryl methyl sites for hydroxylation is 1. The van der Waals surface area contributed by atoms with E-state index in [4.69, 9.17) is 14.9 Å². The van der Waals surface area contributed by atoms with Gasteiger partial charge in [-0.05, 0) is 73.4 Å². The molecule has 0 spiro atoms. The highest BCUT2D eigenvalue weighted by molar-refractivity contribution is 5.80. The van der Waals surface area contributed by atoms with Crippen molar-refractivity contribution in [3.8, 4) is 11.4 Å². The van der Waals surface area contributed by atoms with Crippen LogP contribution in [0.5, 0.6) is 5.75 Å². The van der Waals surface area contributed by atoms with Gasteiger partial charge in [0.1, 0.15) is 36.2 Å². The average molecular weight is 601 g/mol. The summed E-state index contributed by atoms with van der Waals surface area (Å²) in [5.74, 6) is 0.991. The fraction of sp³-hybridized carbons (Fsp3) is 0.379. The molecule has 0 radical (unpaired) electrons. The molecular weight excluding hydrogens is 569 g/mol. The van der Waals surface area contributed by atoms with Crippen LogP contribution in [-0.4, -0.2) is 71.5 Å². The molecular formula is C29H31F3N6O5. The van der Waals surface area contributed by atoms with Crippen LogP contribution in [0.1, 0.15) is 37.2 Å². The van der Waals surface area contributed by atoms with E-state index in [1.807, 2.05) is 13.8 Å². The molecule has 3 heterocycles. The van der Waals surface area contributed by atoms with Crippen LogP contribution < -0.4 is 10.2 Å². The van der Waals surface area contributed by atoms with Gasteiger partial charge in [-0.25, -0.2) is 14.6 Å². The molecule has 0 amide bonds. The summed E-state index contributed by atoms with van der Waals surface area (Å²) >= 11 is 0. The number of nitrogens with zero attached hydrogens (tertiary/aromatic N) is 5. The molecule has 43 heavy (non-hydrogen) atoms. The lowest BCUT2D eigenvalue weighted by Gasteiger charge is -2.40. The van der Waals surface area contributed by atoms with E-state index in [1.54, 1.807) is 35.8 Å². The van der Waals surface area contributed by atoms with Crippen LogP contribution in [0.2, 0.25) is 0 Å². The predicted molar refractivity (Wildman–Crippen MR) is 149 cm³/mol. The second kappa shape index (κ2) is 11.9. The van der Waals surface area contributed by atoms with Gasteiger partial charge in [-0.3, -0.25) is 9.98 Å². The van der Waals surface area contributed by atoms with Crippen molar-refractivity contribution in [1.82, 2.24) is 19.2 Å². The Labute approximate surface area is 244 Å². The number of aliphatic hydroxyl groups excluding tert-OH is 3. The molecule has 0 saturated carbocycles. The smallest absolute Gasteiger partial charge is 0.416 e. The number of alkyl halides is 3. The minimum atomic E-state index is -4.45. The summed E-state index contributed by atoms with van der Waals surface area (Å²) in [6.45, 7) is 5.58. The van der Waals surface area contributed by atoms with Crippen LogP contribution in [0.15, 0.2) is 60.0 Å². The summed E-state index contributed by atoms with van der Waals surface area (Å²) in [6, 6.07) is 11.2. The van der Waals surface area contributed by atoms with Gasteiger partial charge < -0.3 is 24.8 Å². The number of aliphatic hydroxyl groups is 3. The van der Waals surface area contributed by atoms with Gasteiger partial charge in [0.15, 0.2) is 16.7 Å². The fourth-order valence-electron chi connectivity index (χ4n) is 4.84. The minimum Gasteiger partial charge on any atom is -0.462 e. The van der Waals surface area contributed by atoms with E-state index < -0.39 is 42.4 Å². The van der Waals surface area contributed by atoms with Crippen LogP contribution in [0.3, 0.4) is 0 Å². The largest absolute Gasteiger partial charge is 0.462 e. The number of ether oxygens (including phenoxy) is 2. The van der Waals surface area contributed by atoms with Crippen molar-refractivity contribution in [1.29, 1.82) is 5.41 Å². The molecule has 11 nitrogen and oxygen atoms in total. The molecule has 0 aliphatic carbocycles. The van der Waals surface area contributed by atoms with Crippen molar-refractivity contribution in [3.05, 3.63) is 77.3 Å². The fourth-order valence-corrected chi connectivity index (χ4v) is 4.84. The van der Waals surface area contributed by atoms with Crippen LogP contribution in [0, 0.1) is 18.3 Å². The van der Waals surface area contributed by atoms with Crippen molar-refractivity contribution >= 4 is 17.4 Å². The van der Waals surface area contributed by atoms with Crippen LogP contribution in [0.25, 0.3) is 16.9 Å². The van der Waals surface area contributed by atoms with E-state index in [2.05, 4.69) is 15.1 Å². The number of hydrogen-bond acceptors (Lipinski definition) is 9. The molecule has 1 aliphatic heterocycles. The van der Waals surface area contributed by atoms with Gasteiger partial charge in [-0.1, -0.05) is 13.8 Å². The second-order valence-corrected chi connectivity index (χ2v) is 10.7. The lowest BCUT2D eigenvalue weighted by atomic mass is 9.93. The highest BCUT2D eigenvalue weighted by Crippen LogP contribution is 2.30. The third kappa shape index (κ3) is 6.32. The maximum absolute atomic E-state index is 13.0. The Morgan fingerprint density at radius 2 is 1.72 bits per heavy atom. The summed E-state index contributed by atoms with van der Waals surface area (Å²) in [7, 11) is 0. The maximum Gasteiger partial charge on any atom is 0.416 e. The standard InChI is InChI=1S/C29H31F3N6O5/c1-15(2)12-21-23(39)24(40)25(41)28(43-21)42-20-10-4-17(5-11-20)13-35-37-14-34-27-22(26(37)33)36-16(3)38(27)19-8-6-18(7-9-19)29(30,31)32/h4-11,13-15,21,23-25,28,33,39-41H,12H2,1-3H3/b33-26?,35-13-. The van der Waals surface area contributed by atoms with Crippen molar-refractivity contribution in [2.75, 3.05) is 0 Å². The summed E-state index contributed by atoms with van der Waals surface area (Å²) in [4.78, 5) is 8.75. The number of nitrogens with one attached hydrogen (secondary N) is 1. The number of hydrogen-bond donors (Lipinski definition) is 4. The zero-order valence-corrected chi connectivity index (χ0v) is 23.5.